The van der Waals surface area contributed by atoms with E-state index < -0.39 is 0 Å². The zero-order valence-corrected chi connectivity index (χ0v) is 10.9. The van der Waals surface area contributed by atoms with Gasteiger partial charge in [-0.05, 0) is 18.8 Å². The Balaban J connectivity index is 1.83. The van der Waals surface area contributed by atoms with Crippen molar-refractivity contribution >= 4 is 0 Å². The lowest BCUT2D eigenvalue weighted by atomic mass is 9.91. The number of rotatable bonds is 5. The van der Waals surface area contributed by atoms with Crippen LogP contribution in [0.4, 0.5) is 0 Å². The number of ether oxygens (including phenoxy) is 1. The highest BCUT2D eigenvalue weighted by Gasteiger charge is 2.49. The Kier molecular flexibility index (Phi) is 3.09. The van der Waals surface area contributed by atoms with Crippen LogP contribution in [0.1, 0.15) is 18.7 Å². The lowest BCUT2D eigenvalue weighted by Crippen LogP contribution is -2.60. The maximum atomic E-state index is 6.10. The van der Waals surface area contributed by atoms with Gasteiger partial charge in [-0.1, -0.05) is 0 Å². The standard InChI is InChI=1S/C12H21N5O/c1-18-8-12(7-13,10-2-3-10)17-5-4-16-9-14-15-11(16)6-17/h9-10H,2-8,13H2,1H3. The van der Waals surface area contributed by atoms with E-state index in [2.05, 4.69) is 19.7 Å². The molecule has 1 unspecified atom stereocenters. The van der Waals surface area contributed by atoms with E-state index >= 15 is 0 Å². The highest BCUT2D eigenvalue weighted by atomic mass is 16.5. The van der Waals surface area contributed by atoms with Crippen molar-refractivity contribution in [2.45, 2.75) is 31.5 Å². The number of hydrogen-bond acceptors (Lipinski definition) is 5. The Bertz CT molecular complexity index is 416. The lowest BCUT2D eigenvalue weighted by Gasteiger charge is -2.45. The molecule has 0 bridgehead atoms. The molecule has 2 N–H and O–H groups in total. The third-order valence-corrected chi connectivity index (χ3v) is 4.35. The summed E-state index contributed by atoms with van der Waals surface area (Å²) in [5.41, 5.74) is 6.09. The van der Waals surface area contributed by atoms with Crippen LogP contribution in [0.3, 0.4) is 0 Å². The molecule has 0 spiro atoms. The fourth-order valence-corrected chi connectivity index (χ4v) is 3.14. The Hall–Kier alpha value is -0.980. The van der Waals surface area contributed by atoms with Gasteiger partial charge < -0.3 is 15.0 Å². The van der Waals surface area contributed by atoms with Crippen LogP contribution in [0, 0.1) is 5.92 Å². The van der Waals surface area contributed by atoms with Crippen LogP contribution < -0.4 is 5.73 Å². The van der Waals surface area contributed by atoms with Gasteiger partial charge in [0.2, 0.25) is 0 Å². The van der Waals surface area contributed by atoms with E-state index in [0.29, 0.717) is 19.1 Å². The summed E-state index contributed by atoms with van der Waals surface area (Å²) in [4.78, 5) is 2.46. The summed E-state index contributed by atoms with van der Waals surface area (Å²) >= 11 is 0. The van der Waals surface area contributed by atoms with E-state index in [4.69, 9.17) is 10.5 Å². The fourth-order valence-electron chi connectivity index (χ4n) is 3.14. The number of hydrogen-bond donors (Lipinski definition) is 1. The van der Waals surface area contributed by atoms with Crippen LogP contribution in [-0.4, -0.2) is 52.0 Å². The molecule has 6 heteroatoms. The molecule has 1 fully saturated rings. The smallest absolute Gasteiger partial charge is 0.147 e. The molecular weight excluding hydrogens is 230 g/mol. The maximum Gasteiger partial charge on any atom is 0.147 e. The Morgan fingerprint density at radius 1 is 1.50 bits per heavy atom. The Morgan fingerprint density at radius 3 is 3.00 bits per heavy atom. The van der Waals surface area contributed by atoms with Crippen molar-refractivity contribution in [1.82, 2.24) is 19.7 Å². The third kappa shape index (κ3) is 1.84. The van der Waals surface area contributed by atoms with Crippen molar-refractivity contribution in [2.75, 3.05) is 26.8 Å². The quantitative estimate of drug-likeness (QED) is 0.788. The van der Waals surface area contributed by atoms with E-state index in [9.17, 15) is 0 Å². The summed E-state index contributed by atoms with van der Waals surface area (Å²) < 4.78 is 7.58. The van der Waals surface area contributed by atoms with Crippen molar-refractivity contribution in [3.63, 3.8) is 0 Å². The Morgan fingerprint density at radius 2 is 2.33 bits per heavy atom. The van der Waals surface area contributed by atoms with E-state index in [1.807, 2.05) is 6.33 Å². The van der Waals surface area contributed by atoms with E-state index in [0.717, 1.165) is 25.5 Å². The van der Waals surface area contributed by atoms with Crippen molar-refractivity contribution in [1.29, 1.82) is 0 Å². The molecule has 6 nitrogen and oxygen atoms in total. The molecule has 1 aliphatic carbocycles. The van der Waals surface area contributed by atoms with Crippen LogP contribution in [0.15, 0.2) is 6.33 Å². The van der Waals surface area contributed by atoms with Crippen LogP contribution in [0.2, 0.25) is 0 Å². The average molecular weight is 251 g/mol. The highest BCUT2D eigenvalue weighted by molar-refractivity contribution is 5.06. The van der Waals surface area contributed by atoms with Gasteiger partial charge in [-0.3, -0.25) is 4.90 Å². The zero-order chi connectivity index (χ0) is 12.6. The number of fused-ring (bicyclic) bond motifs is 1. The summed E-state index contributed by atoms with van der Waals surface area (Å²) in [6.45, 7) is 4.14. The van der Waals surface area contributed by atoms with Crippen molar-refractivity contribution < 1.29 is 4.74 Å². The summed E-state index contributed by atoms with van der Waals surface area (Å²) in [7, 11) is 1.76. The second-order valence-electron chi connectivity index (χ2n) is 5.38. The lowest BCUT2D eigenvalue weighted by molar-refractivity contribution is -0.0171. The zero-order valence-electron chi connectivity index (χ0n) is 10.9. The molecule has 1 saturated carbocycles. The van der Waals surface area contributed by atoms with E-state index in [1.54, 1.807) is 7.11 Å². The van der Waals surface area contributed by atoms with Crippen molar-refractivity contribution in [3.05, 3.63) is 12.2 Å². The number of methoxy groups -OCH3 is 1. The molecule has 1 aromatic heterocycles. The van der Waals surface area contributed by atoms with Gasteiger partial charge in [0.15, 0.2) is 0 Å². The molecule has 3 rings (SSSR count). The van der Waals surface area contributed by atoms with Crippen LogP contribution in [0.5, 0.6) is 0 Å². The van der Waals surface area contributed by atoms with Crippen LogP contribution in [0.25, 0.3) is 0 Å². The third-order valence-electron chi connectivity index (χ3n) is 4.35. The molecule has 2 aliphatic rings. The van der Waals surface area contributed by atoms with Gasteiger partial charge in [-0.2, -0.15) is 0 Å². The first-order valence-electron chi connectivity index (χ1n) is 6.61. The average Bonchev–Trinajstić information content (AvgIpc) is 3.14. The number of aromatic nitrogens is 3. The van der Waals surface area contributed by atoms with Gasteiger partial charge in [0.1, 0.15) is 12.2 Å². The SMILES string of the molecule is COCC(CN)(C1CC1)N1CCn2cnnc2C1. The molecule has 100 valence electrons. The molecule has 0 radical (unpaired) electrons. The van der Waals surface area contributed by atoms with Crippen LogP contribution >= 0.6 is 0 Å². The van der Waals surface area contributed by atoms with E-state index in [-0.39, 0.29) is 5.54 Å². The molecule has 2 heterocycles. The summed E-state index contributed by atoms with van der Waals surface area (Å²) in [5.74, 6) is 1.72. The number of nitrogens with two attached hydrogens (primary N) is 1. The minimum atomic E-state index is -0.00799. The Labute approximate surface area is 107 Å². The monoisotopic (exact) mass is 251 g/mol. The normalized spacial score (nSPS) is 23.7. The minimum absolute atomic E-state index is 0.00799. The second-order valence-corrected chi connectivity index (χ2v) is 5.38. The van der Waals surface area contributed by atoms with Gasteiger partial charge in [0, 0.05) is 26.7 Å². The first kappa shape index (κ1) is 12.1. The number of nitrogens with zero attached hydrogens (tertiary/aromatic N) is 4. The van der Waals surface area contributed by atoms with E-state index in [1.165, 1.54) is 12.8 Å². The summed E-state index contributed by atoms with van der Waals surface area (Å²) in [5, 5.41) is 8.16. The molecule has 18 heavy (non-hydrogen) atoms. The predicted molar refractivity (Wildman–Crippen MR) is 66.8 cm³/mol. The summed E-state index contributed by atoms with van der Waals surface area (Å²) in [6, 6.07) is 0. The van der Waals surface area contributed by atoms with Gasteiger partial charge in [-0.15, -0.1) is 10.2 Å². The summed E-state index contributed by atoms with van der Waals surface area (Å²) in [6.07, 6.45) is 4.34. The van der Waals surface area contributed by atoms with Gasteiger partial charge in [0.05, 0.1) is 18.7 Å². The fraction of sp³-hybridized carbons (Fsp3) is 0.833. The van der Waals surface area contributed by atoms with Gasteiger partial charge in [-0.25, -0.2) is 0 Å². The predicted octanol–water partition coefficient (Wildman–Crippen LogP) is -0.152. The van der Waals surface area contributed by atoms with Gasteiger partial charge >= 0.3 is 0 Å². The van der Waals surface area contributed by atoms with Crippen molar-refractivity contribution in [2.24, 2.45) is 11.7 Å². The topological polar surface area (TPSA) is 69.2 Å². The molecule has 1 aromatic rings. The molecule has 1 aliphatic heterocycles. The largest absolute Gasteiger partial charge is 0.383 e. The molecular formula is C12H21N5O. The highest BCUT2D eigenvalue weighted by Crippen LogP contribution is 2.43. The first-order chi connectivity index (χ1) is 8.80. The molecule has 1 atom stereocenters. The molecule has 0 amide bonds. The second kappa shape index (κ2) is 4.60. The van der Waals surface area contributed by atoms with Crippen molar-refractivity contribution in [3.8, 4) is 0 Å². The molecule has 0 saturated heterocycles. The molecule has 0 aromatic carbocycles. The van der Waals surface area contributed by atoms with Crippen LogP contribution in [-0.2, 0) is 17.8 Å². The maximum absolute atomic E-state index is 6.10. The minimum Gasteiger partial charge on any atom is -0.383 e. The van der Waals surface area contributed by atoms with Gasteiger partial charge in [0.25, 0.3) is 0 Å². The first-order valence-corrected chi connectivity index (χ1v) is 6.61.